The molecule has 0 aromatic carbocycles. The maximum atomic E-state index is 8.61. The normalized spacial score (nSPS) is 9.64. The van der Waals surface area contributed by atoms with Crippen molar-refractivity contribution >= 4 is 23.1 Å². The summed E-state index contributed by atoms with van der Waals surface area (Å²) in [5.41, 5.74) is 0. The monoisotopic (exact) mass is 219 g/mol. The van der Waals surface area contributed by atoms with Crippen molar-refractivity contribution in [1.82, 2.24) is 9.97 Å². The van der Waals surface area contributed by atoms with Gasteiger partial charge < -0.3 is 0 Å². The van der Waals surface area contributed by atoms with Crippen molar-refractivity contribution < 1.29 is 0 Å². The molecule has 2 aromatic heterocycles. The van der Waals surface area contributed by atoms with Gasteiger partial charge in [0.05, 0.1) is 4.21 Å². The van der Waals surface area contributed by atoms with Gasteiger partial charge in [0.1, 0.15) is 11.1 Å². The molecule has 2 aromatic rings. The lowest BCUT2D eigenvalue weighted by Gasteiger charge is -1.95. The van der Waals surface area contributed by atoms with E-state index in [4.69, 9.17) is 5.26 Å². The highest BCUT2D eigenvalue weighted by Crippen LogP contribution is 2.29. The molecule has 5 heteroatoms. The highest BCUT2D eigenvalue weighted by atomic mass is 32.2. The molecule has 14 heavy (non-hydrogen) atoms. The lowest BCUT2D eigenvalue weighted by atomic mass is 10.6. The van der Waals surface area contributed by atoms with Crippen molar-refractivity contribution in [3.63, 3.8) is 0 Å². The van der Waals surface area contributed by atoms with E-state index in [-0.39, 0.29) is 5.82 Å². The number of nitrogens with zero attached hydrogens (tertiary/aromatic N) is 3. The maximum Gasteiger partial charge on any atom is 0.233 e. The van der Waals surface area contributed by atoms with Gasteiger partial charge in [0.15, 0.2) is 0 Å². The predicted octanol–water partition coefficient (Wildman–Crippen LogP) is 2.56. The van der Waals surface area contributed by atoms with Crippen LogP contribution in [0.4, 0.5) is 0 Å². The molecule has 68 valence electrons. The van der Waals surface area contributed by atoms with Crippen molar-refractivity contribution in [3.05, 3.63) is 35.6 Å². The second-order valence-electron chi connectivity index (χ2n) is 2.36. The average Bonchev–Trinajstić information content (AvgIpc) is 2.71. The zero-order valence-electron chi connectivity index (χ0n) is 7.04. The van der Waals surface area contributed by atoms with Crippen LogP contribution in [0.25, 0.3) is 0 Å². The summed E-state index contributed by atoms with van der Waals surface area (Å²) in [6.45, 7) is 0. The Morgan fingerprint density at radius 1 is 1.43 bits per heavy atom. The molecule has 0 spiro atoms. The van der Waals surface area contributed by atoms with E-state index in [1.165, 1.54) is 0 Å². The minimum Gasteiger partial charge on any atom is -0.227 e. The molecular weight excluding hydrogens is 214 g/mol. The maximum absolute atomic E-state index is 8.61. The third kappa shape index (κ3) is 2.10. The number of nitriles is 1. The molecule has 0 fully saturated rings. The topological polar surface area (TPSA) is 49.6 Å². The minimum atomic E-state index is 0.214. The molecule has 0 bridgehead atoms. The van der Waals surface area contributed by atoms with Crippen LogP contribution in [-0.4, -0.2) is 9.97 Å². The summed E-state index contributed by atoms with van der Waals surface area (Å²) in [4.78, 5) is 7.87. The Bertz CT molecular complexity index is 459. The molecule has 0 unspecified atom stereocenters. The number of hydrogen-bond acceptors (Lipinski definition) is 5. The van der Waals surface area contributed by atoms with Crippen LogP contribution < -0.4 is 0 Å². The SMILES string of the molecule is N#Cc1nccc(Sc2cccs2)n1. The quantitative estimate of drug-likeness (QED) is 0.728. The second-order valence-corrected chi connectivity index (χ2v) is 4.63. The minimum absolute atomic E-state index is 0.214. The van der Waals surface area contributed by atoms with Crippen LogP contribution in [0.5, 0.6) is 0 Å². The summed E-state index contributed by atoms with van der Waals surface area (Å²) in [6.07, 6.45) is 1.60. The summed E-state index contributed by atoms with van der Waals surface area (Å²) in [7, 11) is 0. The Morgan fingerprint density at radius 3 is 3.07 bits per heavy atom. The van der Waals surface area contributed by atoms with Crippen molar-refractivity contribution in [2.24, 2.45) is 0 Å². The van der Waals surface area contributed by atoms with Crippen LogP contribution in [0.1, 0.15) is 5.82 Å². The van der Waals surface area contributed by atoms with Gasteiger partial charge in [-0.15, -0.1) is 11.3 Å². The van der Waals surface area contributed by atoms with Crippen molar-refractivity contribution in [1.29, 1.82) is 5.26 Å². The van der Waals surface area contributed by atoms with Gasteiger partial charge >= 0.3 is 0 Å². The van der Waals surface area contributed by atoms with Crippen molar-refractivity contribution in [2.75, 3.05) is 0 Å². The Labute approximate surface area is 89.4 Å². The molecule has 0 atom stereocenters. The fourth-order valence-electron chi connectivity index (χ4n) is 0.877. The third-order valence-electron chi connectivity index (χ3n) is 1.43. The van der Waals surface area contributed by atoms with Crippen molar-refractivity contribution in [2.45, 2.75) is 9.24 Å². The lowest BCUT2D eigenvalue weighted by Crippen LogP contribution is -1.88. The Kier molecular flexibility index (Phi) is 2.77. The van der Waals surface area contributed by atoms with E-state index in [2.05, 4.69) is 9.97 Å². The smallest absolute Gasteiger partial charge is 0.227 e. The molecule has 2 rings (SSSR count). The molecule has 0 aliphatic rings. The molecule has 0 aliphatic carbocycles. The first-order chi connectivity index (χ1) is 6.88. The molecule has 0 aliphatic heterocycles. The molecular formula is C9H5N3S2. The van der Waals surface area contributed by atoms with Gasteiger partial charge in [-0.1, -0.05) is 17.8 Å². The Morgan fingerprint density at radius 2 is 2.36 bits per heavy atom. The highest BCUT2D eigenvalue weighted by molar-refractivity contribution is 8.01. The lowest BCUT2D eigenvalue weighted by molar-refractivity contribution is 1.01. The van der Waals surface area contributed by atoms with Crippen LogP contribution in [0, 0.1) is 11.3 Å². The van der Waals surface area contributed by atoms with E-state index >= 15 is 0 Å². The van der Waals surface area contributed by atoms with E-state index in [1.807, 2.05) is 23.6 Å². The van der Waals surface area contributed by atoms with E-state index in [0.717, 1.165) is 9.24 Å². The van der Waals surface area contributed by atoms with E-state index in [0.29, 0.717) is 0 Å². The number of thiophene rings is 1. The third-order valence-corrected chi connectivity index (χ3v) is 3.40. The zero-order valence-corrected chi connectivity index (χ0v) is 8.68. The van der Waals surface area contributed by atoms with Crippen LogP contribution in [0.2, 0.25) is 0 Å². The molecule has 0 saturated carbocycles. The molecule has 0 radical (unpaired) electrons. The first kappa shape index (κ1) is 9.19. The van der Waals surface area contributed by atoms with Gasteiger partial charge in [-0.3, -0.25) is 0 Å². The summed E-state index contributed by atoms with van der Waals surface area (Å²) in [6, 6.07) is 7.71. The summed E-state index contributed by atoms with van der Waals surface area (Å²) in [5, 5.41) is 11.4. The standard InChI is InChI=1S/C9H5N3S2/c10-6-7-11-4-3-8(12-7)14-9-2-1-5-13-9/h1-5H. The highest BCUT2D eigenvalue weighted by Gasteiger charge is 2.01. The molecule has 3 nitrogen and oxygen atoms in total. The fraction of sp³-hybridized carbons (Fsp3) is 0. The van der Waals surface area contributed by atoms with Gasteiger partial charge in [-0.25, -0.2) is 9.97 Å². The van der Waals surface area contributed by atoms with E-state index in [9.17, 15) is 0 Å². The predicted molar refractivity (Wildman–Crippen MR) is 55.2 cm³/mol. The number of rotatable bonds is 2. The van der Waals surface area contributed by atoms with Crippen LogP contribution in [0.3, 0.4) is 0 Å². The zero-order chi connectivity index (χ0) is 9.80. The van der Waals surface area contributed by atoms with E-state index in [1.54, 1.807) is 35.4 Å². The first-order valence-corrected chi connectivity index (χ1v) is 5.52. The molecule has 2 heterocycles. The number of hydrogen-bond donors (Lipinski definition) is 0. The van der Waals surface area contributed by atoms with Crippen LogP contribution in [-0.2, 0) is 0 Å². The van der Waals surface area contributed by atoms with Gasteiger partial charge in [0, 0.05) is 6.20 Å². The van der Waals surface area contributed by atoms with E-state index < -0.39 is 0 Å². The summed E-state index contributed by atoms with van der Waals surface area (Å²) < 4.78 is 1.16. The Hall–Kier alpha value is -1.38. The Balaban J connectivity index is 2.22. The second kappa shape index (κ2) is 4.22. The van der Waals surface area contributed by atoms with Gasteiger partial charge in [0.25, 0.3) is 0 Å². The summed E-state index contributed by atoms with van der Waals surface area (Å²) >= 11 is 3.19. The molecule has 0 N–H and O–H groups in total. The molecule has 0 amide bonds. The van der Waals surface area contributed by atoms with Crippen molar-refractivity contribution in [3.8, 4) is 6.07 Å². The van der Waals surface area contributed by atoms with Crippen LogP contribution >= 0.6 is 23.1 Å². The van der Waals surface area contributed by atoms with Gasteiger partial charge in [-0.05, 0) is 17.5 Å². The van der Waals surface area contributed by atoms with Gasteiger partial charge in [0.2, 0.25) is 5.82 Å². The fourth-order valence-corrected chi connectivity index (χ4v) is 2.55. The van der Waals surface area contributed by atoms with Gasteiger partial charge in [-0.2, -0.15) is 5.26 Å². The van der Waals surface area contributed by atoms with Crippen LogP contribution in [0.15, 0.2) is 39.0 Å². The largest absolute Gasteiger partial charge is 0.233 e. The molecule has 0 saturated heterocycles. The first-order valence-electron chi connectivity index (χ1n) is 3.83. The number of aromatic nitrogens is 2. The average molecular weight is 219 g/mol. The summed E-state index contributed by atoms with van der Waals surface area (Å²) in [5.74, 6) is 0.214.